The Morgan fingerprint density at radius 3 is 2.72 bits per heavy atom. The van der Waals surface area contributed by atoms with Crippen LogP contribution in [0.5, 0.6) is 0 Å². The van der Waals surface area contributed by atoms with E-state index >= 15 is 0 Å². The second-order valence-electron chi connectivity index (χ2n) is 6.53. The number of hydrogen-bond acceptors (Lipinski definition) is 6. The molecule has 0 amide bonds. The van der Waals surface area contributed by atoms with E-state index in [4.69, 9.17) is 0 Å². The first kappa shape index (κ1) is 17.1. The van der Waals surface area contributed by atoms with Crippen LogP contribution in [0.25, 0.3) is 0 Å². The molecule has 2 heterocycles. The van der Waals surface area contributed by atoms with Crippen molar-refractivity contribution < 1.29 is 4.92 Å². The second-order valence-corrected chi connectivity index (χ2v) is 6.53. The standard InChI is InChI=1S/C18H23N5O2/c1-13-6-8-15(9-7-13)11-19-17-16(23(24)25)18(21-12-20-17)22-10-4-3-5-14(22)2/h6-9,12,14H,3-5,10-11H2,1-2H3,(H,19,20,21). The van der Waals surface area contributed by atoms with Crippen LogP contribution in [0.4, 0.5) is 17.3 Å². The molecule has 0 bridgehead atoms. The Bertz CT molecular complexity index is 748. The van der Waals surface area contributed by atoms with E-state index in [2.05, 4.69) is 22.2 Å². The average molecular weight is 341 g/mol. The fourth-order valence-corrected chi connectivity index (χ4v) is 3.18. The summed E-state index contributed by atoms with van der Waals surface area (Å²) >= 11 is 0. The lowest BCUT2D eigenvalue weighted by Gasteiger charge is -2.33. The van der Waals surface area contributed by atoms with Gasteiger partial charge in [-0.15, -0.1) is 0 Å². The Morgan fingerprint density at radius 2 is 2.04 bits per heavy atom. The molecule has 1 aliphatic heterocycles. The van der Waals surface area contributed by atoms with E-state index in [9.17, 15) is 10.1 Å². The zero-order valence-electron chi connectivity index (χ0n) is 14.6. The van der Waals surface area contributed by atoms with Gasteiger partial charge >= 0.3 is 5.69 Å². The highest BCUT2D eigenvalue weighted by Crippen LogP contribution is 2.35. The molecule has 0 radical (unpaired) electrons. The van der Waals surface area contributed by atoms with Gasteiger partial charge in [-0.1, -0.05) is 29.8 Å². The largest absolute Gasteiger partial charge is 0.360 e. The molecule has 0 saturated carbocycles. The molecule has 1 N–H and O–H groups in total. The third-order valence-electron chi connectivity index (χ3n) is 4.64. The predicted octanol–water partition coefficient (Wildman–Crippen LogP) is 3.68. The number of nitrogens with zero attached hydrogens (tertiary/aromatic N) is 4. The van der Waals surface area contributed by atoms with Gasteiger partial charge in [-0.2, -0.15) is 0 Å². The zero-order valence-corrected chi connectivity index (χ0v) is 14.6. The maximum atomic E-state index is 11.7. The van der Waals surface area contributed by atoms with Gasteiger partial charge in [0.05, 0.1) is 4.92 Å². The average Bonchev–Trinajstić information content (AvgIpc) is 2.61. The summed E-state index contributed by atoms with van der Waals surface area (Å²) in [5.41, 5.74) is 2.19. The lowest BCUT2D eigenvalue weighted by atomic mass is 10.0. The lowest BCUT2D eigenvalue weighted by Crippen LogP contribution is -2.38. The molecule has 25 heavy (non-hydrogen) atoms. The second kappa shape index (κ2) is 7.46. The number of piperidine rings is 1. The highest BCUT2D eigenvalue weighted by Gasteiger charge is 2.30. The zero-order chi connectivity index (χ0) is 17.8. The molecule has 1 aromatic heterocycles. The molecule has 1 aromatic carbocycles. The number of hydrogen-bond donors (Lipinski definition) is 1. The van der Waals surface area contributed by atoms with Crippen molar-refractivity contribution in [1.82, 2.24) is 9.97 Å². The first-order valence-corrected chi connectivity index (χ1v) is 8.61. The summed E-state index contributed by atoms with van der Waals surface area (Å²) in [6.07, 6.45) is 4.60. The topological polar surface area (TPSA) is 84.2 Å². The lowest BCUT2D eigenvalue weighted by molar-refractivity contribution is -0.383. The van der Waals surface area contributed by atoms with Gasteiger partial charge in [0.2, 0.25) is 11.6 Å². The molecule has 1 fully saturated rings. The van der Waals surface area contributed by atoms with Crippen molar-refractivity contribution in [2.45, 2.75) is 45.7 Å². The molecular weight excluding hydrogens is 318 g/mol. The van der Waals surface area contributed by atoms with E-state index in [1.807, 2.05) is 36.1 Å². The minimum atomic E-state index is -0.381. The number of rotatable bonds is 5. The quantitative estimate of drug-likeness (QED) is 0.659. The van der Waals surface area contributed by atoms with Crippen LogP contribution in [0.3, 0.4) is 0 Å². The summed E-state index contributed by atoms with van der Waals surface area (Å²) in [7, 11) is 0. The number of benzene rings is 1. The van der Waals surface area contributed by atoms with Crippen molar-refractivity contribution in [3.05, 3.63) is 51.8 Å². The van der Waals surface area contributed by atoms with Crippen molar-refractivity contribution in [2.24, 2.45) is 0 Å². The van der Waals surface area contributed by atoms with Crippen molar-refractivity contribution in [3.63, 3.8) is 0 Å². The molecule has 2 aromatic rings. The van der Waals surface area contributed by atoms with Gasteiger partial charge in [0.1, 0.15) is 6.33 Å². The summed E-state index contributed by atoms with van der Waals surface area (Å²) in [6.45, 7) is 5.38. The SMILES string of the molecule is Cc1ccc(CNc2ncnc(N3CCCCC3C)c2[N+](=O)[O-])cc1. The summed E-state index contributed by atoms with van der Waals surface area (Å²) in [5, 5.41) is 14.8. The molecule has 0 aliphatic carbocycles. The maximum Gasteiger partial charge on any atom is 0.353 e. The number of anilines is 2. The summed E-state index contributed by atoms with van der Waals surface area (Å²) in [5.74, 6) is 0.687. The highest BCUT2D eigenvalue weighted by molar-refractivity contribution is 5.70. The number of aryl methyl sites for hydroxylation is 1. The minimum Gasteiger partial charge on any atom is -0.360 e. The van der Waals surface area contributed by atoms with Crippen LogP contribution in [0.1, 0.15) is 37.3 Å². The van der Waals surface area contributed by atoms with E-state index in [0.29, 0.717) is 12.4 Å². The molecule has 3 rings (SSSR count). The minimum absolute atomic E-state index is 0.0386. The highest BCUT2D eigenvalue weighted by atomic mass is 16.6. The van der Waals surface area contributed by atoms with Gasteiger partial charge in [0.15, 0.2) is 0 Å². The van der Waals surface area contributed by atoms with Crippen molar-refractivity contribution in [3.8, 4) is 0 Å². The van der Waals surface area contributed by atoms with Gasteiger partial charge in [0.25, 0.3) is 0 Å². The summed E-state index contributed by atoms with van der Waals surface area (Å²) in [6, 6.07) is 8.29. The Hall–Kier alpha value is -2.70. The van der Waals surface area contributed by atoms with Crippen molar-refractivity contribution in [1.29, 1.82) is 0 Å². The Kier molecular flexibility index (Phi) is 5.11. The van der Waals surface area contributed by atoms with Gasteiger partial charge in [0, 0.05) is 19.1 Å². The van der Waals surface area contributed by atoms with Crippen molar-refractivity contribution in [2.75, 3.05) is 16.8 Å². The van der Waals surface area contributed by atoms with E-state index in [-0.39, 0.29) is 22.5 Å². The van der Waals surface area contributed by atoms with Crippen LogP contribution in [0, 0.1) is 17.0 Å². The fraction of sp³-hybridized carbons (Fsp3) is 0.444. The van der Waals surface area contributed by atoms with Crippen LogP contribution < -0.4 is 10.2 Å². The molecule has 1 aliphatic rings. The molecule has 1 atom stereocenters. The smallest absolute Gasteiger partial charge is 0.353 e. The predicted molar refractivity (Wildman–Crippen MR) is 97.9 cm³/mol. The molecular formula is C18H23N5O2. The third kappa shape index (κ3) is 3.87. The maximum absolute atomic E-state index is 11.7. The van der Waals surface area contributed by atoms with Crippen LogP contribution in [0.2, 0.25) is 0 Å². The molecule has 7 nitrogen and oxygen atoms in total. The van der Waals surface area contributed by atoms with Gasteiger partial charge in [-0.3, -0.25) is 10.1 Å². The van der Waals surface area contributed by atoms with Crippen LogP contribution in [-0.4, -0.2) is 27.5 Å². The van der Waals surface area contributed by atoms with E-state index < -0.39 is 0 Å². The van der Waals surface area contributed by atoms with Gasteiger partial charge < -0.3 is 10.2 Å². The van der Waals surface area contributed by atoms with Crippen LogP contribution in [-0.2, 0) is 6.54 Å². The third-order valence-corrected chi connectivity index (χ3v) is 4.64. The van der Waals surface area contributed by atoms with Crippen LogP contribution in [0.15, 0.2) is 30.6 Å². The summed E-state index contributed by atoms with van der Waals surface area (Å²) < 4.78 is 0. The number of nitro groups is 1. The normalized spacial score (nSPS) is 17.4. The molecule has 1 unspecified atom stereocenters. The number of aromatic nitrogens is 2. The first-order valence-electron chi connectivity index (χ1n) is 8.61. The summed E-state index contributed by atoms with van der Waals surface area (Å²) in [4.78, 5) is 21.7. The first-order chi connectivity index (χ1) is 12.1. The van der Waals surface area contributed by atoms with E-state index in [1.54, 1.807) is 0 Å². The van der Waals surface area contributed by atoms with Gasteiger partial charge in [-0.25, -0.2) is 9.97 Å². The Morgan fingerprint density at radius 1 is 1.28 bits per heavy atom. The molecule has 1 saturated heterocycles. The number of nitrogens with one attached hydrogen (secondary N) is 1. The van der Waals surface area contributed by atoms with Crippen molar-refractivity contribution >= 4 is 17.3 Å². The van der Waals surface area contributed by atoms with Crippen LogP contribution >= 0.6 is 0 Å². The Balaban J connectivity index is 1.87. The molecule has 7 heteroatoms. The fourth-order valence-electron chi connectivity index (χ4n) is 3.18. The Labute approximate surface area is 147 Å². The van der Waals surface area contributed by atoms with Gasteiger partial charge in [-0.05, 0) is 38.7 Å². The molecule has 0 spiro atoms. The molecule has 132 valence electrons. The van der Waals surface area contributed by atoms with E-state index in [0.717, 1.165) is 31.4 Å². The van der Waals surface area contributed by atoms with E-state index in [1.165, 1.54) is 11.9 Å². The monoisotopic (exact) mass is 341 g/mol.